The lowest BCUT2D eigenvalue weighted by atomic mass is 10.1. The lowest BCUT2D eigenvalue weighted by Gasteiger charge is -1.97. The molecule has 2 aromatic rings. The molecule has 0 atom stereocenters. The Morgan fingerprint density at radius 2 is 2.29 bits per heavy atom. The van der Waals surface area contributed by atoms with Crippen LogP contribution in [0.25, 0.3) is 11.1 Å². The van der Waals surface area contributed by atoms with Crippen molar-refractivity contribution in [3.63, 3.8) is 0 Å². The first-order chi connectivity index (χ1) is 6.79. The molecule has 1 aromatic carbocycles. The van der Waals surface area contributed by atoms with Crippen LogP contribution < -0.4 is 5.73 Å². The minimum Gasteiger partial charge on any atom is -0.441 e. The minimum atomic E-state index is 0.718. The topological polar surface area (TPSA) is 52.0 Å². The van der Waals surface area contributed by atoms with Gasteiger partial charge in [0.1, 0.15) is 5.52 Å². The second-order valence-electron chi connectivity index (χ2n) is 3.43. The zero-order chi connectivity index (χ0) is 9.97. The molecular weight excluding hydrogens is 176 g/mol. The van der Waals surface area contributed by atoms with Crippen LogP contribution in [-0.2, 0) is 6.42 Å². The summed E-state index contributed by atoms with van der Waals surface area (Å²) in [5.41, 5.74) is 8.52. The number of benzene rings is 1. The molecule has 3 nitrogen and oxygen atoms in total. The number of hydrogen-bond donors (Lipinski definition) is 1. The Balaban J connectivity index is 2.31. The maximum absolute atomic E-state index is 5.46. The average Bonchev–Trinajstić information content (AvgIpc) is 2.54. The molecule has 0 aliphatic heterocycles. The number of nitrogens with zero attached hydrogens (tertiary/aromatic N) is 1. The summed E-state index contributed by atoms with van der Waals surface area (Å²) in [7, 11) is 0. The van der Waals surface area contributed by atoms with Gasteiger partial charge in [0.15, 0.2) is 11.5 Å². The summed E-state index contributed by atoms with van der Waals surface area (Å²) in [5.74, 6) is 0.718. The highest BCUT2D eigenvalue weighted by atomic mass is 16.3. The first-order valence-corrected chi connectivity index (χ1v) is 4.86. The quantitative estimate of drug-likeness (QED) is 0.805. The molecule has 3 heteroatoms. The van der Waals surface area contributed by atoms with Crippen LogP contribution in [0.15, 0.2) is 22.6 Å². The van der Waals surface area contributed by atoms with Gasteiger partial charge in [-0.2, -0.15) is 0 Å². The van der Waals surface area contributed by atoms with E-state index in [0.717, 1.165) is 36.4 Å². The molecule has 0 fully saturated rings. The second kappa shape index (κ2) is 3.80. The number of aromatic nitrogens is 1. The van der Waals surface area contributed by atoms with Crippen LogP contribution in [0.4, 0.5) is 0 Å². The Labute approximate surface area is 82.9 Å². The van der Waals surface area contributed by atoms with E-state index in [2.05, 4.69) is 11.1 Å². The van der Waals surface area contributed by atoms with Crippen molar-refractivity contribution in [2.45, 2.75) is 19.8 Å². The molecule has 2 N–H and O–H groups in total. The highest BCUT2D eigenvalue weighted by Crippen LogP contribution is 2.17. The molecule has 0 amide bonds. The molecule has 74 valence electrons. The molecule has 0 radical (unpaired) electrons. The molecule has 0 bridgehead atoms. The monoisotopic (exact) mass is 190 g/mol. The van der Waals surface area contributed by atoms with E-state index in [-0.39, 0.29) is 0 Å². The first-order valence-electron chi connectivity index (χ1n) is 4.86. The van der Waals surface area contributed by atoms with E-state index in [1.54, 1.807) is 0 Å². The van der Waals surface area contributed by atoms with E-state index in [1.807, 2.05) is 19.1 Å². The Hall–Kier alpha value is -1.35. The van der Waals surface area contributed by atoms with Gasteiger partial charge in [0.2, 0.25) is 0 Å². The molecule has 2 rings (SSSR count). The molecular formula is C11H14N2O. The summed E-state index contributed by atoms with van der Waals surface area (Å²) in [4.78, 5) is 4.24. The first kappa shape index (κ1) is 9.21. The zero-order valence-electron chi connectivity index (χ0n) is 8.29. The van der Waals surface area contributed by atoms with Gasteiger partial charge < -0.3 is 10.2 Å². The fourth-order valence-corrected chi connectivity index (χ4v) is 1.55. The van der Waals surface area contributed by atoms with Crippen LogP contribution in [0, 0.1) is 6.92 Å². The number of hydrogen-bond acceptors (Lipinski definition) is 3. The summed E-state index contributed by atoms with van der Waals surface area (Å²) in [6.45, 7) is 2.59. The fraction of sp³-hybridized carbons (Fsp3) is 0.364. The summed E-state index contributed by atoms with van der Waals surface area (Å²) >= 11 is 0. The smallest absolute Gasteiger partial charge is 0.192 e. The SMILES string of the molecule is Cc1nc2ccc(CCCN)cc2o1. The summed E-state index contributed by atoms with van der Waals surface area (Å²) < 4.78 is 5.45. The van der Waals surface area contributed by atoms with Crippen molar-refractivity contribution in [1.82, 2.24) is 4.98 Å². The number of oxazole rings is 1. The second-order valence-corrected chi connectivity index (χ2v) is 3.43. The van der Waals surface area contributed by atoms with Crippen LogP contribution in [0.1, 0.15) is 17.9 Å². The highest BCUT2D eigenvalue weighted by molar-refractivity contribution is 5.73. The standard InChI is InChI=1S/C11H14N2O/c1-8-13-10-5-4-9(3-2-6-12)7-11(10)14-8/h4-5,7H,2-3,6,12H2,1H3. The predicted molar refractivity (Wildman–Crippen MR) is 56.1 cm³/mol. The van der Waals surface area contributed by atoms with Crippen molar-refractivity contribution in [3.8, 4) is 0 Å². The van der Waals surface area contributed by atoms with E-state index in [4.69, 9.17) is 10.2 Å². The molecule has 0 unspecified atom stereocenters. The third-order valence-corrected chi connectivity index (χ3v) is 2.23. The summed E-state index contributed by atoms with van der Waals surface area (Å²) in [6, 6.07) is 6.13. The molecule has 0 aliphatic carbocycles. The van der Waals surface area contributed by atoms with Crippen LogP contribution >= 0.6 is 0 Å². The predicted octanol–water partition coefficient (Wildman–Crippen LogP) is 2.03. The lowest BCUT2D eigenvalue weighted by molar-refractivity contribution is 0.560. The van der Waals surface area contributed by atoms with E-state index in [1.165, 1.54) is 5.56 Å². The Morgan fingerprint density at radius 3 is 3.07 bits per heavy atom. The van der Waals surface area contributed by atoms with Gasteiger partial charge in [0, 0.05) is 6.92 Å². The van der Waals surface area contributed by atoms with Crippen LogP contribution in [0.3, 0.4) is 0 Å². The van der Waals surface area contributed by atoms with Crippen LogP contribution in [0.5, 0.6) is 0 Å². The molecule has 0 aliphatic rings. The number of rotatable bonds is 3. The largest absolute Gasteiger partial charge is 0.441 e. The van der Waals surface area contributed by atoms with Gasteiger partial charge in [0.25, 0.3) is 0 Å². The van der Waals surface area contributed by atoms with E-state index in [9.17, 15) is 0 Å². The van der Waals surface area contributed by atoms with E-state index >= 15 is 0 Å². The van der Waals surface area contributed by atoms with Gasteiger partial charge in [-0.05, 0) is 37.1 Å². The molecule has 0 saturated heterocycles. The highest BCUT2D eigenvalue weighted by Gasteiger charge is 2.02. The van der Waals surface area contributed by atoms with Gasteiger partial charge in [-0.3, -0.25) is 0 Å². The Morgan fingerprint density at radius 1 is 1.43 bits per heavy atom. The van der Waals surface area contributed by atoms with Crippen molar-refractivity contribution in [1.29, 1.82) is 0 Å². The molecule has 0 spiro atoms. The average molecular weight is 190 g/mol. The third kappa shape index (κ3) is 1.77. The molecule has 14 heavy (non-hydrogen) atoms. The lowest BCUT2D eigenvalue weighted by Crippen LogP contribution is -2.00. The van der Waals surface area contributed by atoms with E-state index < -0.39 is 0 Å². The summed E-state index contributed by atoms with van der Waals surface area (Å²) in [6.07, 6.45) is 2.02. The molecule has 1 aromatic heterocycles. The molecule has 1 heterocycles. The number of fused-ring (bicyclic) bond motifs is 1. The van der Waals surface area contributed by atoms with Gasteiger partial charge in [-0.1, -0.05) is 6.07 Å². The Kier molecular flexibility index (Phi) is 2.50. The van der Waals surface area contributed by atoms with Gasteiger partial charge in [-0.15, -0.1) is 0 Å². The third-order valence-electron chi connectivity index (χ3n) is 2.23. The van der Waals surface area contributed by atoms with Crippen molar-refractivity contribution >= 4 is 11.1 Å². The number of aryl methyl sites for hydroxylation is 2. The maximum Gasteiger partial charge on any atom is 0.192 e. The van der Waals surface area contributed by atoms with Crippen molar-refractivity contribution in [3.05, 3.63) is 29.7 Å². The van der Waals surface area contributed by atoms with Crippen LogP contribution in [0.2, 0.25) is 0 Å². The van der Waals surface area contributed by atoms with Gasteiger partial charge in [0.05, 0.1) is 0 Å². The summed E-state index contributed by atoms with van der Waals surface area (Å²) in [5, 5.41) is 0. The van der Waals surface area contributed by atoms with Crippen LogP contribution in [-0.4, -0.2) is 11.5 Å². The fourth-order valence-electron chi connectivity index (χ4n) is 1.55. The van der Waals surface area contributed by atoms with Gasteiger partial charge >= 0.3 is 0 Å². The Bertz CT molecular complexity index is 434. The van der Waals surface area contributed by atoms with Crippen molar-refractivity contribution in [2.24, 2.45) is 5.73 Å². The minimum absolute atomic E-state index is 0.718. The normalized spacial score (nSPS) is 11.0. The van der Waals surface area contributed by atoms with E-state index in [0.29, 0.717) is 0 Å². The maximum atomic E-state index is 5.46. The van der Waals surface area contributed by atoms with Crippen molar-refractivity contribution in [2.75, 3.05) is 6.54 Å². The van der Waals surface area contributed by atoms with Crippen molar-refractivity contribution < 1.29 is 4.42 Å². The molecule has 0 saturated carbocycles. The van der Waals surface area contributed by atoms with Gasteiger partial charge in [-0.25, -0.2) is 4.98 Å². The number of nitrogens with two attached hydrogens (primary N) is 1. The zero-order valence-corrected chi connectivity index (χ0v) is 8.29.